The zero-order chi connectivity index (χ0) is 11.8. The van der Waals surface area contributed by atoms with Crippen molar-refractivity contribution in [1.82, 2.24) is 4.98 Å². The van der Waals surface area contributed by atoms with Gasteiger partial charge in [-0.3, -0.25) is 0 Å². The monoisotopic (exact) mass is 244 g/mol. The summed E-state index contributed by atoms with van der Waals surface area (Å²) in [5.74, 6) is 0. The first kappa shape index (κ1) is 11.8. The molecular formula is C10H16N2O3S. The van der Waals surface area contributed by atoms with E-state index >= 15 is 0 Å². The first-order chi connectivity index (χ1) is 7.53. The van der Waals surface area contributed by atoms with Crippen LogP contribution in [0.3, 0.4) is 0 Å². The summed E-state index contributed by atoms with van der Waals surface area (Å²) >= 11 is 1.44. The quantitative estimate of drug-likeness (QED) is 0.680. The zero-order valence-electron chi connectivity index (χ0n) is 9.13. The van der Waals surface area contributed by atoms with Gasteiger partial charge in [0.2, 0.25) is 0 Å². The van der Waals surface area contributed by atoms with Crippen molar-refractivity contribution in [2.75, 3.05) is 18.0 Å². The van der Waals surface area contributed by atoms with E-state index in [0.717, 1.165) is 5.13 Å². The van der Waals surface area contributed by atoms with Crippen LogP contribution in [0.4, 0.5) is 5.13 Å². The molecule has 1 aliphatic rings. The lowest BCUT2D eigenvalue weighted by Gasteiger charge is -2.39. The summed E-state index contributed by atoms with van der Waals surface area (Å²) in [6.07, 6.45) is -0.245. The van der Waals surface area contributed by atoms with Crippen molar-refractivity contribution in [1.29, 1.82) is 0 Å². The number of hydrogen-bond donors (Lipinski definition) is 3. The molecule has 1 aliphatic heterocycles. The van der Waals surface area contributed by atoms with Crippen LogP contribution in [0.5, 0.6) is 0 Å². The number of thiazole rings is 1. The molecular weight excluding hydrogens is 228 g/mol. The highest BCUT2D eigenvalue weighted by Crippen LogP contribution is 2.28. The Bertz CT molecular complexity index is 367. The summed E-state index contributed by atoms with van der Waals surface area (Å²) in [5, 5.41) is 31.1. The minimum atomic E-state index is -1.01. The minimum absolute atomic E-state index is 0.0649. The standard InChI is InChI=1S/C10H16N2O3S/c1-10(15)2-3-12(4-8(10)14)9-11-7(5-13)6-16-9/h6,8,13-15H,2-5H2,1H3/t8-,10-/m0/s1. The number of β-amino-alcohol motifs (C(OH)–C–C–N with tert-alkyl or cyclic N) is 1. The number of aliphatic hydroxyl groups is 3. The molecule has 5 nitrogen and oxygen atoms in total. The van der Waals surface area contributed by atoms with Crippen LogP contribution < -0.4 is 4.90 Å². The molecule has 2 atom stereocenters. The van der Waals surface area contributed by atoms with Crippen molar-refractivity contribution in [3.8, 4) is 0 Å². The third-order valence-electron chi connectivity index (χ3n) is 2.97. The molecule has 0 radical (unpaired) electrons. The largest absolute Gasteiger partial charge is 0.390 e. The van der Waals surface area contributed by atoms with Gasteiger partial charge in [-0.15, -0.1) is 11.3 Å². The second-order valence-electron chi connectivity index (χ2n) is 4.35. The summed E-state index contributed by atoms with van der Waals surface area (Å²) in [6.45, 7) is 2.63. The molecule has 16 heavy (non-hydrogen) atoms. The molecule has 0 bridgehead atoms. The van der Waals surface area contributed by atoms with Gasteiger partial charge in [0.15, 0.2) is 5.13 Å². The van der Waals surface area contributed by atoms with E-state index < -0.39 is 11.7 Å². The lowest BCUT2D eigenvalue weighted by atomic mass is 9.91. The summed E-state index contributed by atoms with van der Waals surface area (Å²) in [5.41, 5.74) is -0.361. The number of piperidine rings is 1. The molecule has 2 rings (SSSR count). The van der Waals surface area contributed by atoms with Crippen LogP contribution in [-0.2, 0) is 6.61 Å². The Morgan fingerprint density at radius 2 is 2.44 bits per heavy atom. The average Bonchev–Trinajstić information content (AvgIpc) is 2.70. The number of aliphatic hydroxyl groups excluding tert-OH is 2. The molecule has 6 heteroatoms. The summed E-state index contributed by atoms with van der Waals surface area (Å²) in [4.78, 5) is 6.17. The van der Waals surface area contributed by atoms with Gasteiger partial charge in [0.1, 0.15) is 0 Å². The van der Waals surface area contributed by atoms with Gasteiger partial charge < -0.3 is 20.2 Å². The second kappa shape index (κ2) is 4.29. The molecule has 1 aromatic rings. The van der Waals surface area contributed by atoms with Gasteiger partial charge in [-0.1, -0.05) is 0 Å². The van der Waals surface area contributed by atoms with E-state index in [9.17, 15) is 10.2 Å². The Balaban J connectivity index is 2.07. The maximum atomic E-state index is 9.83. The fraction of sp³-hybridized carbons (Fsp3) is 0.700. The van der Waals surface area contributed by atoms with E-state index in [4.69, 9.17) is 5.11 Å². The van der Waals surface area contributed by atoms with Gasteiger partial charge in [0, 0.05) is 18.5 Å². The number of aromatic nitrogens is 1. The Kier molecular flexibility index (Phi) is 3.16. The molecule has 0 aromatic carbocycles. The van der Waals surface area contributed by atoms with E-state index in [1.165, 1.54) is 11.3 Å². The van der Waals surface area contributed by atoms with Gasteiger partial charge in [-0.2, -0.15) is 0 Å². The third kappa shape index (κ3) is 2.20. The van der Waals surface area contributed by atoms with Gasteiger partial charge in [0.25, 0.3) is 0 Å². The van der Waals surface area contributed by atoms with Crippen molar-refractivity contribution in [2.24, 2.45) is 0 Å². The lowest BCUT2D eigenvalue weighted by molar-refractivity contribution is -0.0721. The maximum Gasteiger partial charge on any atom is 0.185 e. The highest BCUT2D eigenvalue weighted by atomic mass is 32.1. The van der Waals surface area contributed by atoms with E-state index in [1.807, 2.05) is 4.90 Å². The molecule has 1 fully saturated rings. The summed E-state index contributed by atoms with van der Waals surface area (Å²) in [7, 11) is 0. The Morgan fingerprint density at radius 1 is 1.69 bits per heavy atom. The fourth-order valence-corrected chi connectivity index (χ4v) is 2.57. The van der Waals surface area contributed by atoms with Crippen LogP contribution in [-0.4, -0.2) is 45.1 Å². The molecule has 1 saturated heterocycles. The molecule has 0 unspecified atom stereocenters. The van der Waals surface area contributed by atoms with E-state index in [2.05, 4.69) is 4.98 Å². The van der Waals surface area contributed by atoms with E-state index in [-0.39, 0.29) is 6.61 Å². The SMILES string of the molecule is C[C@]1(O)CCN(c2nc(CO)cs2)C[C@@H]1O. The molecule has 0 saturated carbocycles. The lowest BCUT2D eigenvalue weighted by Crippen LogP contribution is -2.53. The van der Waals surface area contributed by atoms with Crippen LogP contribution in [0, 0.1) is 0 Å². The smallest absolute Gasteiger partial charge is 0.185 e. The Labute approximate surface area is 98.0 Å². The number of rotatable bonds is 2. The van der Waals surface area contributed by atoms with Gasteiger partial charge in [-0.25, -0.2) is 4.98 Å². The minimum Gasteiger partial charge on any atom is -0.390 e. The zero-order valence-corrected chi connectivity index (χ0v) is 9.94. The van der Waals surface area contributed by atoms with Crippen LogP contribution >= 0.6 is 11.3 Å². The van der Waals surface area contributed by atoms with Crippen LogP contribution in [0.25, 0.3) is 0 Å². The molecule has 0 aliphatic carbocycles. The predicted molar refractivity (Wildman–Crippen MR) is 61.5 cm³/mol. The molecule has 1 aromatic heterocycles. The molecule has 90 valence electrons. The number of nitrogens with zero attached hydrogens (tertiary/aromatic N) is 2. The fourth-order valence-electron chi connectivity index (χ4n) is 1.71. The summed E-state index contributed by atoms with van der Waals surface area (Å²) < 4.78 is 0. The van der Waals surface area contributed by atoms with E-state index in [1.54, 1.807) is 12.3 Å². The second-order valence-corrected chi connectivity index (χ2v) is 5.19. The molecule has 0 amide bonds. The molecule has 3 N–H and O–H groups in total. The van der Waals surface area contributed by atoms with Gasteiger partial charge in [0.05, 0.1) is 24.0 Å². The first-order valence-electron chi connectivity index (χ1n) is 5.23. The van der Waals surface area contributed by atoms with Gasteiger partial charge >= 0.3 is 0 Å². The topological polar surface area (TPSA) is 76.8 Å². The first-order valence-corrected chi connectivity index (χ1v) is 6.11. The van der Waals surface area contributed by atoms with Crippen LogP contribution in [0.1, 0.15) is 19.0 Å². The average molecular weight is 244 g/mol. The van der Waals surface area contributed by atoms with Crippen molar-refractivity contribution in [3.05, 3.63) is 11.1 Å². The predicted octanol–water partition coefficient (Wildman–Crippen LogP) is -0.0426. The van der Waals surface area contributed by atoms with Crippen molar-refractivity contribution >= 4 is 16.5 Å². The highest BCUT2D eigenvalue weighted by Gasteiger charge is 2.37. The maximum absolute atomic E-state index is 9.83. The van der Waals surface area contributed by atoms with Crippen molar-refractivity contribution in [3.63, 3.8) is 0 Å². The van der Waals surface area contributed by atoms with E-state index in [0.29, 0.717) is 25.2 Å². The highest BCUT2D eigenvalue weighted by molar-refractivity contribution is 7.13. The number of hydrogen-bond acceptors (Lipinski definition) is 6. The van der Waals surface area contributed by atoms with Crippen LogP contribution in [0.2, 0.25) is 0 Å². The van der Waals surface area contributed by atoms with Crippen molar-refractivity contribution < 1.29 is 15.3 Å². The van der Waals surface area contributed by atoms with Crippen LogP contribution in [0.15, 0.2) is 5.38 Å². The molecule has 2 heterocycles. The molecule has 0 spiro atoms. The third-order valence-corrected chi connectivity index (χ3v) is 3.92. The Hall–Kier alpha value is -0.690. The normalized spacial score (nSPS) is 30.8. The number of anilines is 1. The van der Waals surface area contributed by atoms with Gasteiger partial charge in [-0.05, 0) is 13.3 Å². The summed E-state index contributed by atoms with van der Waals surface area (Å²) in [6, 6.07) is 0. The van der Waals surface area contributed by atoms with Crippen molar-refractivity contribution in [2.45, 2.75) is 31.7 Å². The Morgan fingerprint density at radius 3 is 3.00 bits per heavy atom.